The molecule has 2 aliphatic rings. The zero-order valence-electron chi connectivity index (χ0n) is 12.7. The maximum absolute atomic E-state index is 12.2. The molecule has 7 nitrogen and oxygen atoms in total. The van der Waals surface area contributed by atoms with Crippen LogP contribution in [0.1, 0.15) is 54.8 Å². The molecule has 22 heavy (non-hydrogen) atoms. The molecule has 1 saturated heterocycles. The Balaban J connectivity index is 1.54. The van der Waals surface area contributed by atoms with E-state index in [9.17, 15) is 9.59 Å². The molecule has 1 aliphatic heterocycles. The number of carbonyl (C=O) groups excluding carboxylic acids is 2. The number of piperidine rings is 1. The second-order valence-corrected chi connectivity index (χ2v) is 6.22. The smallest absolute Gasteiger partial charge is 0.273 e. The van der Waals surface area contributed by atoms with Gasteiger partial charge in [-0.1, -0.05) is 5.16 Å². The quantitative estimate of drug-likeness (QED) is 0.849. The molecule has 0 aromatic carbocycles. The fraction of sp³-hybridized carbons (Fsp3) is 0.667. The maximum Gasteiger partial charge on any atom is 0.273 e. The van der Waals surface area contributed by atoms with Crippen LogP contribution in [0, 0.1) is 0 Å². The van der Waals surface area contributed by atoms with Crippen LogP contribution in [0.5, 0.6) is 0 Å². The summed E-state index contributed by atoms with van der Waals surface area (Å²) in [5.41, 5.74) is 5.75. The molecular formula is C15H22N4O3. The molecule has 0 spiro atoms. The molecule has 0 bridgehead atoms. The molecule has 3 rings (SSSR count). The summed E-state index contributed by atoms with van der Waals surface area (Å²) in [6, 6.07) is 1.86. The van der Waals surface area contributed by atoms with Crippen molar-refractivity contribution in [1.82, 2.24) is 15.4 Å². The van der Waals surface area contributed by atoms with E-state index in [4.69, 9.17) is 10.3 Å². The number of nitrogens with one attached hydrogen (secondary N) is 1. The van der Waals surface area contributed by atoms with E-state index in [2.05, 4.69) is 10.5 Å². The number of nitrogens with two attached hydrogens (primary N) is 1. The highest BCUT2D eigenvalue weighted by Gasteiger charge is 2.31. The molecule has 2 amide bonds. The van der Waals surface area contributed by atoms with Gasteiger partial charge >= 0.3 is 0 Å². The summed E-state index contributed by atoms with van der Waals surface area (Å²) < 4.78 is 5.21. The number of likely N-dealkylation sites (tertiary alicyclic amines) is 1. The fourth-order valence-electron chi connectivity index (χ4n) is 3.01. The van der Waals surface area contributed by atoms with E-state index in [1.165, 1.54) is 0 Å². The van der Waals surface area contributed by atoms with Gasteiger partial charge in [0.05, 0.1) is 6.54 Å². The largest absolute Gasteiger partial charge is 0.360 e. The Morgan fingerprint density at radius 2 is 2.23 bits per heavy atom. The zero-order chi connectivity index (χ0) is 15.7. The van der Waals surface area contributed by atoms with Crippen LogP contribution in [-0.4, -0.2) is 47.0 Å². The van der Waals surface area contributed by atoms with Crippen molar-refractivity contribution in [3.63, 3.8) is 0 Å². The van der Waals surface area contributed by atoms with Crippen molar-refractivity contribution in [3.05, 3.63) is 17.5 Å². The molecule has 7 heteroatoms. The minimum absolute atomic E-state index is 0.0320. The Morgan fingerprint density at radius 1 is 1.45 bits per heavy atom. The summed E-state index contributed by atoms with van der Waals surface area (Å²) in [5.74, 6) is 1.01. The Morgan fingerprint density at radius 3 is 2.86 bits per heavy atom. The Kier molecular flexibility index (Phi) is 4.15. The number of carbonyl (C=O) groups is 2. The first-order chi connectivity index (χ1) is 10.6. The van der Waals surface area contributed by atoms with E-state index >= 15 is 0 Å². The number of hydrogen-bond acceptors (Lipinski definition) is 5. The molecule has 3 N–H and O–H groups in total. The first kappa shape index (κ1) is 15.0. The van der Waals surface area contributed by atoms with Crippen molar-refractivity contribution in [2.75, 3.05) is 13.1 Å². The van der Waals surface area contributed by atoms with Crippen molar-refractivity contribution < 1.29 is 14.1 Å². The van der Waals surface area contributed by atoms with Gasteiger partial charge in [-0.15, -0.1) is 0 Å². The van der Waals surface area contributed by atoms with Gasteiger partial charge in [-0.3, -0.25) is 9.59 Å². The van der Waals surface area contributed by atoms with Gasteiger partial charge in [-0.05, 0) is 32.6 Å². The van der Waals surface area contributed by atoms with Crippen LogP contribution in [0.4, 0.5) is 0 Å². The predicted molar refractivity (Wildman–Crippen MR) is 79.2 cm³/mol. The number of aromatic nitrogens is 1. The van der Waals surface area contributed by atoms with E-state index in [0.29, 0.717) is 18.2 Å². The van der Waals surface area contributed by atoms with E-state index < -0.39 is 0 Å². The van der Waals surface area contributed by atoms with Gasteiger partial charge < -0.3 is 20.5 Å². The summed E-state index contributed by atoms with van der Waals surface area (Å²) in [6.45, 7) is 2.63. The molecule has 1 aliphatic carbocycles. The van der Waals surface area contributed by atoms with E-state index in [-0.39, 0.29) is 30.4 Å². The van der Waals surface area contributed by atoms with Crippen molar-refractivity contribution >= 4 is 11.8 Å². The number of rotatable bonds is 4. The minimum atomic E-state index is -0.202. The molecule has 1 unspecified atom stereocenters. The predicted octanol–water partition coefficient (Wildman–Crippen LogP) is 0.620. The SMILES string of the molecule is C[C@@H]1CC(NC(=O)c2cc(C3CC3)on2)CCN1C(=O)CN. The molecule has 1 aromatic heterocycles. The molecule has 120 valence electrons. The Hall–Kier alpha value is -1.89. The lowest BCUT2D eigenvalue weighted by Crippen LogP contribution is -2.52. The third kappa shape index (κ3) is 3.14. The lowest BCUT2D eigenvalue weighted by Gasteiger charge is -2.37. The highest BCUT2D eigenvalue weighted by atomic mass is 16.5. The molecule has 2 atom stereocenters. The second-order valence-electron chi connectivity index (χ2n) is 6.22. The van der Waals surface area contributed by atoms with Crippen LogP contribution in [0.25, 0.3) is 0 Å². The van der Waals surface area contributed by atoms with E-state index in [1.807, 2.05) is 6.92 Å². The summed E-state index contributed by atoms with van der Waals surface area (Å²) >= 11 is 0. The Labute approximate surface area is 129 Å². The topological polar surface area (TPSA) is 101 Å². The van der Waals surface area contributed by atoms with Gasteiger partial charge in [-0.2, -0.15) is 0 Å². The van der Waals surface area contributed by atoms with Crippen molar-refractivity contribution in [1.29, 1.82) is 0 Å². The van der Waals surface area contributed by atoms with E-state index in [0.717, 1.165) is 31.4 Å². The minimum Gasteiger partial charge on any atom is -0.360 e. The van der Waals surface area contributed by atoms with Gasteiger partial charge in [0.15, 0.2) is 5.69 Å². The molecule has 0 radical (unpaired) electrons. The number of hydrogen-bond donors (Lipinski definition) is 2. The van der Waals surface area contributed by atoms with Gasteiger partial charge in [0.1, 0.15) is 5.76 Å². The highest BCUT2D eigenvalue weighted by molar-refractivity contribution is 5.92. The zero-order valence-corrected chi connectivity index (χ0v) is 12.7. The molecule has 1 aromatic rings. The van der Waals surface area contributed by atoms with Gasteiger partial charge in [0, 0.05) is 30.6 Å². The summed E-state index contributed by atoms with van der Waals surface area (Å²) in [6.07, 6.45) is 3.68. The van der Waals surface area contributed by atoms with Crippen LogP contribution < -0.4 is 11.1 Å². The van der Waals surface area contributed by atoms with Gasteiger partial charge in [0.25, 0.3) is 5.91 Å². The van der Waals surface area contributed by atoms with Crippen LogP contribution >= 0.6 is 0 Å². The molecular weight excluding hydrogens is 284 g/mol. The molecule has 2 fully saturated rings. The lowest BCUT2D eigenvalue weighted by atomic mass is 9.98. The maximum atomic E-state index is 12.2. The van der Waals surface area contributed by atoms with Crippen LogP contribution in [0.15, 0.2) is 10.6 Å². The first-order valence-corrected chi connectivity index (χ1v) is 7.85. The van der Waals surface area contributed by atoms with Gasteiger partial charge in [-0.25, -0.2) is 0 Å². The standard InChI is InChI=1S/C15H22N4O3/c1-9-6-11(4-5-19(9)14(20)8-16)17-15(21)12-7-13(22-18-12)10-2-3-10/h7,9-11H,2-6,8,16H2,1H3,(H,17,21)/t9-,11?/m1/s1. The third-order valence-corrected chi connectivity index (χ3v) is 4.45. The second kappa shape index (κ2) is 6.08. The summed E-state index contributed by atoms with van der Waals surface area (Å²) in [4.78, 5) is 25.7. The lowest BCUT2D eigenvalue weighted by molar-refractivity contribution is -0.133. The fourth-order valence-corrected chi connectivity index (χ4v) is 3.01. The van der Waals surface area contributed by atoms with Crippen LogP contribution in [0.3, 0.4) is 0 Å². The number of nitrogens with zero attached hydrogens (tertiary/aromatic N) is 2. The van der Waals surface area contributed by atoms with E-state index in [1.54, 1.807) is 11.0 Å². The highest BCUT2D eigenvalue weighted by Crippen LogP contribution is 2.40. The average molecular weight is 306 g/mol. The third-order valence-electron chi connectivity index (χ3n) is 4.45. The van der Waals surface area contributed by atoms with Crippen molar-refractivity contribution in [2.45, 2.75) is 50.6 Å². The average Bonchev–Trinajstić information content (AvgIpc) is 3.23. The van der Waals surface area contributed by atoms with Crippen LogP contribution in [0.2, 0.25) is 0 Å². The van der Waals surface area contributed by atoms with Gasteiger partial charge in [0.2, 0.25) is 5.91 Å². The molecule has 2 heterocycles. The number of amides is 2. The summed E-state index contributed by atoms with van der Waals surface area (Å²) in [7, 11) is 0. The summed E-state index contributed by atoms with van der Waals surface area (Å²) in [5, 5.41) is 6.84. The van der Waals surface area contributed by atoms with Crippen molar-refractivity contribution in [2.24, 2.45) is 5.73 Å². The molecule has 1 saturated carbocycles. The van der Waals surface area contributed by atoms with Crippen LogP contribution in [-0.2, 0) is 4.79 Å². The monoisotopic (exact) mass is 306 g/mol. The normalized spacial score (nSPS) is 25.1. The van der Waals surface area contributed by atoms with Crippen molar-refractivity contribution in [3.8, 4) is 0 Å². The Bertz CT molecular complexity index is 567. The first-order valence-electron chi connectivity index (χ1n) is 7.85.